The van der Waals surface area contributed by atoms with E-state index in [-0.39, 0.29) is 12.0 Å². The highest BCUT2D eigenvalue weighted by molar-refractivity contribution is 5.97. The molecule has 2 rings (SSSR count). The minimum atomic E-state index is -0.102. The third-order valence-electron chi connectivity index (χ3n) is 3.57. The molecule has 2 heterocycles. The lowest BCUT2D eigenvalue weighted by Crippen LogP contribution is -2.38. The van der Waals surface area contributed by atoms with Crippen molar-refractivity contribution in [3.05, 3.63) is 11.4 Å². The quantitative estimate of drug-likeness (QED) is 0.884. The Labute approximate surface area is 113 Å². The fourth-order valence-corrected chi connectivity index (χ4v) is 2.45. The summed E-state index contributed by atoms with van der Waals surface area (Å²) in [5.74, 6) is -0.102. The monoisotopic (exact) mass is 266 g/mol. The van der Waals surface area contributed by atoms with Crippen LogP contribution in [0.3, 0.4) is 0 Å². The van der Waals surface area contributed by atoms with Gasteiger partial charge in [-0.25, -0.2) is 0 Å². The molecule has 19 heavy (non-hydrogen) atoms. The second kappa shape index (κ2) is 5.61. The Bertz CT molecular complexity index is 463. The van der Waals surface area contributed by atoms with Crippen LogP contribution in [-0.2, 0) is 11.8 Å². The molecule has 1 amide bonds. The molecule has 2 N–H and O–H groups in total. The molecule has 1 aromatic rings. The molecule has 6 heteroatoms. The smallest absolute Gasteiger partial charge is 0.274 e. The Morgan fingerprint density at radius 2 is 2.32 bits per heavy atom. The Morgan fingerprint density at radius 1 is 1.58 bits per heavy atom. The first-order valence-corrected chi connectivity index (χ1v) is 6.67. The van der Waals surface area contributed by atoms with Crippen molar-refractivity contribution in [3.8, 4) is 0 Å². The number of aryl methyl sites for hydroxylation is 2. The molecule has 0 saturated carbocycles. The number of aromatic nitrogens is 2. The minimum Gasteiger partial charge on any atom is -0.395 e. The fraction of sp³-hybridized carbons (Fsp3) is 0.692. The van der Waals surface area contributed by atoms with Gasteiger partial charge in [0.15, 0.2) is 0 Å². The zero-order valence-corrected chi connectivity index (χ0v) is 11.8. The summed E-state index contributed by atoms with van der Waals surface area (Å²) in [5.41, 5.74) is 7.52. The lowest BCUT2D eigenvalue weighted by atomic mass is 10.1. The van der Waals surface area contributed by atoms with Crippen molar-refractivity contribution in [1.29, 1.82) is 0 Å². The van der Waals surface area contributed by atoms with Crippen LogP contribution < -0.4 is 5.73 Å². The summed E-state index contributed by atoms with van der Waals surface area (Å²) in [6, 6.07) is 0. The van der Waals surface area contributed by atoms with Gasteiger partial charge in [0.25, 0.3) is 5.91 Å². The normalized spacial score (nSPS) is 19.4. The van der Waals surface area contributed by atoms with Crippen molar-refractivity contribution < 1.29 is 9.53 Å². The van der Waals surface area contributed by atoms with Crippen molar-refractivity contribution in [2.45, 2.75) is 32.3 Å². The van der Waals surface area contributed by atoms with Crippen molar-refractivity contribution in [2.24, 2.45) is 7.05 Å². The van der Waals surface area contributed by atoms with E-state index in [1.807, 2.05) is 0 Å². The maximum atomic E-state index is 12.4. The predicted octanol–water partition coefficient (Wildman–Crippen LogP) is 0.952. The second-order valence-corrected chi connectivity index (χ2v) is 5.15. The van der Waals surface area contributed by atoms with Gasteiger partial charge in [-0.1, -0.05) is 0 Å². The van der Waals surface area contributed by atoms with Gasteiger partial charge in [0.05, 0.1) is 17.5 Å². The van der Waals surface area contributed by atoms with E-state index in [0.717, 1.165) is 19.4 Å². The van der Waals surface area contributed by atoms with Gasteiger partial charge < -0.3 is 15.4 Å². The van der Waals surface area contributed by atoms with Crippen molar-refractivity contribution in [3.63, 3.8) is 0 Å². The summed E-state index contributed by atoms with van der Waals surface area (Å²) in [7, 11) is 3.52. The maximum Gasteiger partial charge on any atom is 0.274 e. The van der Waals surface area contributed by atoms with Crippen LogP contribution in [0.1, 0.15) is 35.4 Å². The van der Waals surface area contributed by atoms with E-state index < -0.39 is 0 Å². The molecule has 1 atom stereocenters. The van der Waals surface area contributed by atoms with Crippen LogP contribution in [0.2, 0.25) is 0 Å². The summed E-state index contributed by atoms with van der Waals surface area (Å²) in [6.07, 6.45) is 3.43. The van der Waals surface area contributed by atoms with Gasteiger partial charge in [-0.15, -0.1) is 0 Å². The Kier molecular flexibility index (Phi) is 4.09. The topological polar surface area (TPSA) is 73.4 Å². The first-order valence-electron chi connectivity index (χ1n) is 6.67. The van der Waals surface area contributed by atoms with Crippen LogP contribution in [0.5, 0.6) is 0 Å². The van der Waals surface area contributed by atoms with E-state index >= 15 is 0 Å². The Balaban J connectivity index is 2.05. The number of hydrogen-bond donors (Lipinski definition) is 1. The number of hydrogen-bond acceptors (Lipinski definition) is 4. The number of likely N-dealkylation sites (N-methyl/N-ethyl adjacent to an activating group) is 1. The summed E-state index contributed by atoms with van der Waals surface area (Å²) in [5, 5.41) is 4.17. The van der Waals surface area contributed by atoms with Gasteiger partial charge in [-0.2, -0.15) is 5.10 Å². The molecule has 0 radical (unpaired) electrons. The molecule has 6 nitrogen and oxygen atoms in total. The summed E-state index contributed by atoms with van der Waals surface area (Å²) in [6.45, 7) is 3.19. The summed E-state index contributed by atoms with van der Waals surface area (Å²) in [4.78, 5) is 14.1. The molecular formula is C13H22N4O2. The highest BCUT2D eigenvalue weighted by Crippen LogP contribution is 2.19. The highest BCUT2D eigenvalue weighted by Gasteiger charge is 2.24. The first-order chi connectivity index (χ1) is 9.00. The Hall–Kier alpha value is -1.56. The number of carbonyl (C=O) groups excluding carboxylic acids is 1. The maximum absolute atomic E-state index is 12.4. The van der Waals surface area contributed by atoms with E-state index in [9.17, 15) is 4.79 Å². The summed E-state index contributed by atoms with van der Waals surface area (Å²) < 4.78 is 7.20. The van der Waals surface area contributed by atoms with E-state index in [2.05, 4.69) is 5.10 Å². The van der Waals surface area contributed by atoms with E-state index in [0.29, 0.717) is 23.6 Å². The van der Waals surface area contributed by atoms with Crippen LogP contribution in [-0.4, -0.2) is 46.9 Å². The van der Waals surface area contributed by atoms with Gasteiger partial charge in [-0.05, 0) is 26.2 Å². The second-order valence-electron chi connectivity index (χ2n) is 5.15. The zero-order valence-electron chi connectivity index (χ0n) is 11.8. The van der Waals surface area contributed by atoms with E-state index in [4.69, 9.17) is 10.5 Å². The molecule has 0 aromatic carbocycles. The minimum absolute atomic E-state index is 0.102. The lowest BCUT2D eigenvalue weighted by Gasteiger charge is -2.27. The number of nitrogens with two attached hydrogens (primary N) is 1. The third kappa shape index (κ3) is 2.89. The average molecular weight is 266 g/mol. The van der Waals surface area contributed by atoms with Gasteiger partial charge in [0.1, 0.15) is 5.69 Å². The highest BCUT2D eigenvalue weighted by atomic mass is 16.5. The molecule has 0 bridgehead atoms. The number of rotatable bonds is 3. The van der Waals surface area contributed by atoms with Gasteiger partial charge in [0, 0.05) is 27.2 Å². The number of nitrogen functional groups attached to an aromatic ring is 1. The van der Waals surface area contributed by atoms with E-state index in [1.165, 1.54) is 6.42 Å². The predicted molar refractivity (Wildman–Crippen MR) is 72.9 cm³/mol. The van der Waals surface area contributed by atoms with Crippen molar-refractivity contribution in [1.82, 2.24) is 14.7 Å². The van der Waals surface area contributed by atoms with E-state index in [1.54, 1.807) is 30.6 Å². The van der Waals surface area contributed by atoms with Gasteiger partial charge >= 0.3 is 0 Å². The molecule has 1 fully saturated rings. The molecule has 1 unspecified atom stereocenters. The molecule has 1 saturated heterocycles. The van der Waals surface area contributed by atoms with Crippen molar-refractivity contribution >= 4 is 11.6 Å². The number of amides is 1. The van der Waals surface area contributed by atoms with Crippen LogP contribution in [0.4, 0.5) is 5.69 Å². The van der Waals surface area contributed by atoms with Crippen LogP contribution >= 0.6 is 0 Å². The van der Waals surface area contributed by atoms with Gasteiger partial charge in [0.2, 0.25) is 0 Å². The molecule has 106 valence electrons. The number of anilines is 1. The standard InChI is InChI=1S/C13H22N4O2/c1-9-11(14)12(17(3)15-9)13(18)16(2)8-10-6-4-5-7-19-10/h10H,4-8,14H2,1-3H3. The largest absolute Gasteiger partial charge is 0.395 e. The van der Waals surface area contributed by atoms with Crippen LogP contribution in [0, 0.1) is 6.92 Å². The molecular weight excluding hydrogens is 244 g/mol. The molecule has 1 aliphatic rings. The molecule has 1 aliphatic heterocycles. The van der Waals surface area contributed by atoms with Gasteiger partial charge in [-0.3, -0.25) is 9.48 Å². The molecule has 0 aliphatic carbocycles. The zero-order chi connectivity index (χ0) is 14.0. The fourth-order valence-electron chi connectivity index (χ4n) is 2.45. The molecule has 0 spiro atoms. The first kappa shape index (κ1) is 13.9. The van der Waals surface area contributed by atoms with Crippen LogP contribution in [0.15, 0.2) is 0 Å². The number of nitrogens with zero attached hydrogens (tertiary/aromatic N) is 3. The summed E-state index contributed by atoms with van der Waals surface area (Å²) >= 11 is 0. The SMILES string of the molecule is Cc1nn(C)c(C(=O)N(C)CC2CCCCO2)c1N. The number of ether oxygens (including phenoxy) is 1. The molecule has 1 aromatic heterocycles. The third-order valence-corrected chi connectivity index (χ3v) is 3.57. The lowest BCUT2D eigenvalue weighted by molar-refractivity contribution is -0.000361. The van der Waals surface area contributed by atoms with Crippen LogP contribution in [0.25, 0.3) is 0 Å². The average Bonchev–Trinajstić information content (AvgIpc) is 2.63. The van der Waals surface area contributed by atoms with Crippen molar-refractivity contribution in [2.75, 3.05) is 25.9 Å². The number of carbonyl (C=O) groups is 1. The Morgan fingerprint density at radius 3 is 2.84 bits per heavy atom.